The van der Waals surface area contributed by atoms with Crippen molar-refractivity contribution in [2.24, 2.45) is 0 Å². The number of esters is 1. The summed E-state index contributed by atoms with van der Waals surface area (Å²) < 4.78 is 17.1. The van der Waals surface area contributed by atoms with E-state index in [0.29, 0.717) is 25.8 Å². The van der Waals surface area contributed by atoms with Crippen molar-refractivity contribution < 1.29 is 23.8 Å². The number of nitrogens with zero attached hydrogens (tertiary/aromatic N) is 1. The van der Waals surface area contributed by atoms with E-state index in [2.05, 4.69) is 22.9 Å². The SMILES string of the molecule is C=CCN1CC[C@@]2(c3cccc(OC)c3)C[C@@H](NC(=O)C=Cc3cccc(OC)c3)CC[C@]2(OC(C)=O)C1. The fourth-order valence-corrected chi connectivity index (χ4v) is 6.23. The highest BCUT2D eigenvalue weighted by atomic mass is 16.6. The first-order valence-corrected chi connectivity index (χ1v) is 13.1. The molecule has 0 unspecified atom stereocenters. The number of piperidine rings is 1. The highest BCUT2D eigenvalue weighted by Gasteiger charge is 2.60. The van der Waals surface area contributed by atoms with E-state index in [-0.39, 0.29) is 17.9 Å². The molecule has 0 bridgehead atoms. The number of carbonyl (C=O) groups excluding carboxylic acids is 2. The van der Waals surface area contributed by atoms with Gasteiger partial charge in [-0.05, 0) is 73.7 Å². The summed E-state index contributed by atoms with van der Waals surface area (Å²) in [7, 11) is 3.27. The second kappa shape index (κ2) is 11.9. The van der Waals surface area contributed by atoms with Gasteiger partial charge in [0, 0.05) is 37.5 Å². The largest absolute Gasteiger partial charge is 0.497 e. The van der Waals surface area contributed by atoms with Gasteiger partial charge >= 0.3 is 5.97 Å². The van der Waals surface area contributed by atoms with Gasteiger partial charge in [-0.25, -0.2) is 0 Å². The van der Waals surface area contributed by atoms with Crippen LogP contribution in [-0.4, -0.2) is 62.3 Å². The number of hydrogen-bond donors (Lipinski definition) is 1. The molecule has 7 heteroatoms. The summed E-state index contributed by atoms with van der Waals surface area (Å²) in [6, 6.07) is 15.5. The van der Waals surface area contributed by atoms with Crippen molar-refractivity contribution in [2.75, 3.05) is 33.9 Å². The summed E-state index contributed by atoms with van der Waals surface area (Å²) in [6.07, 6.45) is 8.03. The second-order valence-electron chi connectivity index (χ2n) is 10.2. The summed E-state index contributed by atoms with van der Waals surface area (Å²) in [5.41, 5.74) is 0.767. The molecule has 2 fully saturated rings. The predicted octanol–water partition coefficient (Wildman–Crippen LogP) is 4.52. The Morgan fingerprint density at radius 3 is 2.55 bits per heavy atom. The van der Waals surface area contributed by atoms with Crippen LogP contribution in [0.3, 0.4) is 0 Å². The third kappa shape index (κ3) is 5.78. The topological polar surface area (TPSA) is 77.1 Å². The van der Waals surface area contributed by atoms with Crippen molar-refractivity contribution >= 4 is 18.0 Å². The summed E-state index contributed by atoms with van der Waals surface area (Å²) in [5, 5.41) is 3.22. The Balaban J connectivity index is 1.63. The molecule has 1 aliphatic heterocycles. The van der Waals surface area contributed by atoms with Gasteiger partial charge in [-0.15, -0.1) is 6.58 Å². The van der Waals surface area contributed by atoms with E-state index >= 15 is 0 Å². The lowest BCUT2D eigenvalue weighted by atomic mass is 9.55. The fraction of sp³-hybridized carbons (Fsp3) is 0.419. The zero-order valence-electron chi connectivity index (χ0n) is 22.6. The lowest BCUT2D eigenvalue weighted by Crippen LogP contribution is -2.68. The molecule has 0 radical (unpaired) electrons. The van der Waals surface area contributed by atoms with E-state index in [1.165, 1.54) is 6.92 Å². The standard InChI is InChI=1S/C31H38N2O5/c1-5-17-33-18-16-30(25-9-7-11-28(20-25)37-4)21-26(14-15-31(30,22-33)38-23(2)34)32-29(35)13-12-24-8-6-10-27(19-24)36-3/h5-13,19-20,26H,1,14-18,21-22H2,2-4H3,(H,32,35)/t26-,30-,31-/m0/s1. The van der Waals surface area contributed by atoms with Crippen LogP contribution in [0.25, 0.3) is 6.08 Å². The number of hydrogen-bond acceptors (Lipinski definition) is 6. The summed E-state index contributed by atoms with van der Waals surface area (Å²) >= 11 is 0. The lowest BCUT2D eigenvalue weighted by Gasteiger charge is -2.59. The van der Waals surface area contributed by atoms with Crippen LogP contribution in [0, 0.1) is 0 Å². The highest BCUT2D eigenvalue weighted by Crippen LogP contribution is 2.54. The Kier molecular flexibility index (Phi) is 8.57. The lowest BCUT2D eigenvalue weighted by molar-refractivity contribution is -0.186. The van der Waals surface area contributed by atoms with Crippen LogP contribution < -0.4 is 14.8 Å². The van der Waals surface area contributed by atoms with Gasteiger partial charge in [-0.3, -0.25) is 14.5 Å². The molecule has 7 nitrogen and oxygen atoms in total. The third-order valence-corrected chi connectivity index (χ3v) is 7.91. The number of benzene rings is 2. The van der Waals surface area contributed by atoms with E-state index in [4.69, 9.17) is 14.2 Å². The van der Waals surface area contributed by atoms with Gasteiger partial charge in [0.25, 0.3) is 0 Å². The molecule has 202 valence electrons. The van der Waals surface area contributed by atoms with Gasteiger partial charge in [-0.1, -0.05) is 30.3 Å². The van der Waals surface area contributed by atoms with E-state index in [0.717, 1.165) is 42.1 Å². The minimum atomic E-state index is -0.718. The molecule has 2 aliphatic rings. The number of rotatable bonds is 9. The van der Waals surface area contributed by atoms with Gasteiger partial charge in [0.1, 0.15) is 17.1 Å². The minimum absolute atomic E-state index is 0.0710. The quantitative estimate of drug-likeness (QED) is 0.299. The Labute approximate surface area is 225 Å². The first-order valence-electron chi connectivity index (χ1n) is 13.1. The first-order chi connectivity index (χ1) is 18.3. The molecule has 0 aromatic heterocycles. The molecule has 38 heavy (non-hydrogen) atoms. The second-order valence-corrected chi connectivity index (χ2v) is 10.2. The Morgan fingerprint density at radius 1 is 1.11 bits per heavy atom. The molecule has 2 aromatic rings. The molecule has 1 saturated heterocycles. The molecular formula is C31H38N2O5. The molecule has 1 amide bonds. The van der Waals surface area contributed by atoms with Gasteiger partial charge < -0.3 is 19.5 Å². The molecule has 2 aromatic carbocycles. The Bertz CT molecular complexity index is 1190. The van der Waals surface area contributed by atoms with Crippen LogP contribution in [0.2, 0.25) is 0 Å². The maximum absolute atomic E-state index is 13.0. The zero-order chi connectivity index (χ0) is 27.2. The average Bonchev–Trinajstić information content (AvgIpc) is 2.92. The molecule has 1 N–H and O–H groups in total. The van der Waals surface area contributed by atoms with Crippen LogP contribution in [0.4, 0.5) is 0 Å². The molecule has 4 rings (SSSR count). The number of ether oxygens (including phenoxy) is 3. The van der Waals surface area contributed by atoms with Crippen molar-refractivity contribution in [1.29, 1.82) is 0 Å². The van der Waals surface area contributed by atoms with E-state index < -0.39 is 11.0 Å². The molecule has 1 saturated carbocycles. The van der Waals surface area contributed by atoms with Crippen molar-refractivity contribution in [2.45, 2.75) is 49.7 Å². The number of amides is 1. The van der Waals surface area contributed by atoms with Crippen LogP contribution in [0.1, 0.15) is 43.7 Å². The third-order valence-electron chi connectivity index (χ3n) is 7.91. The molecule has 0 spiro atoms. The number of carbonyl (C=O) groups is 2. The summed E-state index contributed by atoms with van der Waals surface area (Å²) in [6.45, 7) is 7.57. The zero-order valence-corrected chi connectivity index (χ0v) is 22.6. The van der Waals surface area contributed by atoms with Crippen LogP contribution in [0.15, 0.2) is 67.3 Å². The van der Waals surface area contributed by atoms with Crippen molar-refractivity contribution in [3.63, 3.8) is 0 Å². The highest BCUT2D eigenvalue weighted by molar-refractivity contribution is 5.92. The van der Waals surface area contributed by atoms with Gasteiger partial charge in [0.05, 0.1) is 14.2 Å². The average molecular weight is 519 g/mol. The maximum atomic E-state index is 13.0. The van der Waals surface area contributed by atoms with E-state index in [9.17, 15) is 9.59 Å². The number of nitrogens with one attached hydrogen (secondary N) is 1. The smallest absolute Gasteiger partial charge is 0.303 e. The normalized spacial score (nSPS) is 25.3. The summed E-state index contributed by atoms with van der Waals surface area (Å²) in [5.74, 6) is 1.06. The number of likely N-dealkylation sites (tertiary alicyclic amines) is 1. The van der Waals surface area contributed by atoms with Crippen molar-refractivity contribution in [3.05, 3.63) is 78.4 Å². The number of fused-ring (bicyclic) bond motifs is 1. The van der Waals surface area contributed by atoms with Crippen molar-refractivity contribution in [1.82, 2.24) is 10.2 Å². The van der Waals surface area contributed by atoms with Gasteiger partial charge in [0.2, 0.25) is 5.91 Å². The van der Waals surface area contributed by atoms with Gasteiger partial charge in [0.15, 0.2) is 0 Å². The molecule has 1 aliphatic carbocycles. The first kappa shape index (κ1) is 27.5. The Hall–Kier alpha value is -3.58. The fourth-order valence-electron chi connectivity index (χ4n) is 6.23. The molecule has 3 atom stereocenters. The molecular weight excluding hydrogens is 480 g/mol. The number of methoxy groups -OCH3 is 2. The van der Waals surface area contributed by atoms with E-state index in [1.54, 1.807) is 26.4 Å². The van der Waals surface area contributed by atoms with Gasteiger partial charge in [-0.2, -0.15) is 0 Å². The Morgan fingerprint density at radius 2 is 1.84 bits per heavy atom. The van der Waals surface area contributed by atoms with Crippen LogP contribution in [-0.2, 0) is 19.7 Å². The van der Waals surface area contributed by atoms with Crippen LogP contribution in [0.5, 0.6) is 11.5 Å². The monoisotopic (exact) mass is 518 g/mol. The minimum Gasteiger partial charge on any atom is -0.497 e. The molecule has 1 heterocycles. The van der Waals surface area contributed by atoms with Crippen LogP contribution >= 0.6 is 0 Å². The van der Waals surface area contributed by atoms with E-state index in [1.807, 2.05) is 48.5 Å². The summed E-state index contributed by atoms with van der Waals surface area (Å²) in [4.78, 5) is 27.8. The van der Waals surface area contributed by atoms with Crippen molar-refractivity contribution in [3.8, 4) is 11.5 Å². The predicted molar refractivity (Wildman–Crippen MR) is 148 cm³/mol. The maximum Gasteiger partial charge on any atom is 0.303 e.